The first-order chi connectivity index (χ1) is 14.5. The predicted molar refractivity (Wildman–Crippen MR) is 115 cm³/mol. The average molecular weight is 426 g/mol. The minimum absolute atomic E-state index is 0.0000727. The first-order valence-electron chi connectivity index (χ1n) is 9.51. The molecule has 1 aliphatic heterocycles. The molecular formula is C22H22N2O5S. The van der Waals surface area contributed by atoms with Gasteiger partial charge in [0.15, 0.2) is 0 Å². The van der Waals surface area contributed by atoms with Crippen molar-refractivity contribution in [3.63, 3.8) is 0 Å². The second-order valence-corrected chi connectivity index (χ2v) is 8.21. The number of ether oxygens (including phenoxy) is 2. The van der Waals surface area contributed by atoms with Gasteiger partial charge in [-0.15, -0.1) is 11.3 Å². The van der Waals surface area contributed by atoms with Crippen molar-refractivity contribution in [1.82, 2.24) is 4.57 Å². The minimum Gasteiger partial charge on any atom is -0.491 e. The molecule has 0 fully saturated rings. The summed E-state index contributed by atoms with van der Waals surface area (Å²) in [6.07, 6.45) is 0.876. The summed E-state index contributed by atoms with van der Waals surface area (Å²) >= 11 is 1.50. The Kier molecular flexibility index (Phi) is 5.36. The van der Waals surface area contributed by atoms with Crippen LogP contribution in [0.4, 0.5) is 0 Å². The van der Waals surface area contributed by atoms with Gasteiger partial charge in [-0.25, -0.2) is 4.79 Å². The molecule has 2 aromatic heterocycles. The number of oxime groups is 1. The van der Waals surface area contributed by atoms with E-state index in [4.69, 9.17) is 9.47 Å². The lowest BCUT2D eigenvalue weighted by Crippen LogP contribution is -2.22. The molecule has 0 amide bonds. The van der Waals surface area contributed by atoms with Gasteiger partial charge in [0.2, 0.25) is 0 Å². The molecule has 156 valence electrons. The van der Waals surface area contributed by atoms with Crippen LogP contribution in [0.2, 0.25) is 0 Å². The van der Waals surface area contributed by atoms with Crippen LogP contribution in [0.5, 0.6) is 5.75 Å². The van der Waals surface area contributed by atoms with Crippen LogP contribution < -0.4 is 4.74 Å². The van der Waals surface area contributed by atoms with Crippen LogP contribution in [0.15, 0.2) is 40.9 Å². The second-order valence-electron chi connectivity index (χ2n) is 7.26. The number of nitrogens with zero attached hydrogens (tertiary/aromatic N) is 2. The Morgan fingerprint density at radius 2 is 2.17 bits per heavy atom. The molecule has 7 nitrogen and oxygen atoms in total. The number of carboxylic acid groups (broad SMARTS) is 1. The van der Waals surface area contributed by atoms with E-state index in [0.717, 1.165) is 27.3 Å². The van der Waals surface area contributed by atoms with Crippen LogP contribution in [0.1, 0.15) is 41.6 Å². The van der Waals surface area contributed by atoms with E-state index in [-0.39, 0.29) is 17.9 Å². The van der Waals surface area contributed by atoms with E-state index in [1.54, 1.807) is 11.7 Å². The Bertz CT molecular complexity index is 1120. The summed E-state index contributed by atoms with van der Waals surface area (Å²) in [4.78, 5) is 13.1. The molecule has 0 radical (unpaired) electrons. The lowest BCUT2D eigenvalue weighted by atomic mass is 9.93. The van der Waals surface area contributed by atoms with E-state index in [1.807, 2.05) is 49.6 Å². The van der Waals surface area contributed by atoms with Crippen LogP contribution in [0.3, 0.4) is 0 Å². The van der Waals surface area contributed by atoms with Gasteiger partial charge in [-0.1, -0.05) is 17.3 Å². The number of benzene rings is 1. The van der Waals surface area contributed by atoms with Gasteiger partial charge in [-0.2, -0.15) is 0 Å². The first-order valence-corrected chi connectivity index (χ1v) is 10.4. The van der Waals surface area contributed by atoms with Gasteiger partial charge in [0.25, 0.3) is 0 Å². The Morgan fingerprint density at radius 1 is 1.37 bits per heavy atom. The van der Waals surface area contributed by atoms with Gasteiger partial charge in [-0.3, -0.25) is 0 Å². The van der Waals surface area contributed by atoms with Crippen molar-refractivity contribution in [2.75, 3.05) is 7.11 Å². The molecule has 0 saturated carbocycles. The second kappa shape index (κ2) is 7.97. The summed E-state index contributed by atoms with van der Waals surface area (Å²) < 4.78 is 13.3. The first kappa shape index (κ1) is 20.2. The van der Waals surface area contributed by atoms with Crippen molar-refractivity contribution in [1.29, 1.82) is 0 Å². The number of carboxylic acids is 1. The van der Waals surface area contributed by atoms with Crippen LogP contribution in [-0.4, -0.2) is 40.3 Å². The lowest BCUT2D eigenvalue weighted by molar-refractivity contribution is 0.0658. The Hall–Kier alpha value is -3.10. The number of fused-ring (bicyclic) bond motifs is 3. The van der Waals surface area contributed by atoms with E-state index in [0.29, 0.717) is 17.9 Å². The zero-order valence-electron chi connectivity index (χ0n) is 16.8. The Morgan fingerprint density at radius 3 is 2.77 bits per heavy atom. The molecule has 3 heterocycles. The monoisotopic (exact) mass is 426 g/mol. The van der Waals surface area contributed by atoms with Gasteiger partial charge in [-0.05, 0) is 43.0 Å². The van der Waals surface area contributed by atoms with E-state index in [9.17, 15) is 15.1 Å². The standard InChI is InChI=1S/C22H22N2O5S/c1-12(2)29-13-6-7-14-15(9-13)20-19(18-5-4-8-30-18)16(10-23-27)21(22(25)26)24(20)11-17(14)28-3/h4-10,12,17,27H,11H2,1-3H3,(H,25,26). The molecule has 1 unspecified atom stereocenters. The zero-order chi connectivity index (χ0) is 21.4. The average Bonchev–Trinajstić information content (AvgIpc) is 3.32. The molecular weight excluding hydrogens is 404 g/mol. The number of methoxy groups -OCH3 is 1. The third kappa shape index (κ3) is 3.28. The molecule has 0 aliphatic carbocycles. The normalized spacial score (nSPS) is 15.4. The fourth-order valence-corrected chi connectivity index (χ4v) is 4.80. The number of aromatic nitrogens is 1. The highest BCUT2D eigenvalue weighted by Gasteiger charge is 2.35. The molecule has 0 saturated heterocycles. The van der Waals surface area contributed by atoms with Crippen molar-refractivity contribution in [3.8, 4) is 27.4 Å². The minimum atomic E-state index is -1.10. The molecule has 0 bridgehead atoms. The van der Waals surface area contributed by atoms with Gasteiger partial charge < -0.3 is 24.4 Å². The summed E-state index contributed by atoms with van der Waals surface area (Å²) in [5, 5.41) is 24.4. The molecule has 8 heteroatoms. The smallest absolute Gasteiger partial charge is 0.353 e. The molecule has 1 aromatic carbocycles. The van der Waals surface area contributed by atoms with Crippen LogP contribution in [-0.2, 0) is 11.3 Å². The van der Waals surface area contributed by atoms with Crippen molar-refractivity contribution >= 4 is 23.5 Å². The van der Waals surface area contributed by atoms with Crippen molar-refractivity contribution < 1.29 is 24.6 Å². The van der Waals surface area contributed by atoms with E-state index in [1.165, 1.54) is 17.6 Å². The van der Waals surface area contributed by atoms with Gasteiger partial charge in [0, 0.05) is 28.7 Å². The summed E-state index contributed by atoms with van der Waals surface area (Å²) in [7, 11) is 1.61. The van der Waals surface area contributed by atoms with Gasteiger partial charge in [0.05, 0.1) is 24.6 Å². The van der Waals surface area contributed by atoms with Crippen LogP contribution >= 0.6 is 11.3 Å². The van der Waals surface area contributed by atoms with Crippen LogP contribution in [0.25, 0.3) is 21.7 Å². The number of hydrogen-bond donors (Lipinski definition) is 2. The Labute approximate surface area is 177 Å². The zero-order valence-corrected chi connectivity index (χ0v) is 17.6. The predicted octanol–water partition coefficient (Wildman–Crippen LogP) is 4.88. The molecule has 1 atom stereocenters. The van der Waals surface area contributed by atoms with E-state index in [2.05, 4.69) is 5.16 Å². The highest BCUT2D eigenvalue weighted by molar-refractivity contribution is 7.13. The van der Waals surface area contributed by atoms with Gasteiger partial charge >= 0.3 is 5.97 Å². The Balaban J connectivity index is 2.09. The maximum absolute atomic E-state index is 12.2. The third-order valence-corrected chi connectivity index (χ3v) is 5.98. The highest BCUT2D eigenvalue weighted by Crippen LogP contribution is 2.47. The molecule has 2 N–H and O–H groups in total. The van der Waals surface area contributed by atoms with Crippen molar-refractivity contribution in [2.45, 2.75) is 32.6 Å². The van der Waals surface area contributed by atoms with Crippen LogP contribution in [0, 0.1) is 0 Å². The maximum atomic E-state index is 12.2. The quantitative estimate of drug-likeness (QED) is 0.333. The number of rotatable bonds is 6. The van der Waals surface area contributed by atoms with E-state index < -0.39 is 5.97 Å². The number of hydrogen-bond acceptors (Lipinski definition) is 6. The lowest BCUT2D eigenvalue weighted by Gasteiger charge is -2.29. The summed E-state index contributed by atoms with van der Waals surface area (Å²) in [5.41, 5.74) is 3.70. The summed E-state index contributed by atoms with van der Waals surface area (Å²) in [5.74, 6) is -0.401. The number of aromatic carboxylic acids is 1. The highest BCUT2D eigenvalue weighted by atomic mass is 32.1. The SMILES string of the molecule is COC1Cn2c(C(=O)O)c(C=NO)c(-c3cccs3)c2-c2cc(OC(C)C)ccc21. The third-order valence-electron chi connectivity index (χ3n) is 5.09. The summed E-state index contributed by atoms with van der Waals surface area (Å²) in [6.45, 7) is 4.24. The fraction of sp³-hybridized carbons (Fsp3) is 0.273. The topological polar surface area (TPSA) is 93.3 Å². The number of thiophene rings is 1. The largest absolute Gasteiger partial charge is 0.491 e. The summed E-state index contributed by atoms with van der Waals surface area (Å²) in [6, 6.07) is 9.63. The van der Waals surface area contributed by atoms with E-state index >= 15 is 0 Å². The molecule has 0 spiro atoms. The van der Waals surface area contributed by atoms with Crippen molar-refractivity contribution in [3.05, 3.63) is 52.5 Å². The van der Waals surface area contributed by atoms with Gasteiger partial charge in [0.1, 0.15) is 17.5 Å². The molecule has 30 heavy (non-hydrogen) atoms. The molecule has 4 rings (SSSR count). The maximum Gasteiger partial charge on any atom is 0.353 e. The van der Waals surface area contributed by atoms with Crippen molar-refractivity contribution in [2.24, 2.45) is 5.16 Å². The fourth-order valence-electron chi connectivity index (χ4n) is 4.02. The molecule has 1 aliphatic rings. The number of carbonyl (C=O) groups is 1. The molecule has 3 aromatic rings.